The Morgan fingerprint density at radius 2 is 2.18 bits per heavy atom. The first kappa shape index (κ1) is 12.3. The first-order chi connectivity index (χ1) is 8.22. The Balaban J connectivity index is 2.09. The van der Waals surface area contributed by atoms with Gasteiger partial charge >= 0.3 is 0 Å². The second-order valence-electron chi connectivity index (χ2n) is 4.32. The molecular weight excluding hydrogens is 230 g/mol. The van der Waals surface area contributed by atoms with Gasteiger partial charge in [-0.05, 0) is 38.3 Å². The van der Waals surface area contributed by atoms with Gasteiger partial charge in [-0.25, -0.2) is 0 Å². The van der Waals surface area contributed by atoms with Crippen LogP contribution in [0, 0.1) is 6.92 Å². The van der Waals surface area contributed by atoms with Gasteiger partial charge in [-0.1, -0.05) is 12.1 Å². The first-order valence-electron chi connectivity index (χ1n) is 6.18. The summed E-state index contributed by atoms with van der Waals surface area (Å²) in [7, 11) is 0. The maximum absolute atomic E-state index is 4.22. The van der Waals surface area contributed by atoms with E-state index in [1.165, 1.54) is 9.75 Å². The molecule has 0 aliphatic carbocycles. The van der Waals surface area contributed by atoms with Gasteiger partial charge in [0.05, 0.1) is 5.69 Å². The minimum Gasteiger partial charge on any atom is -0.253 e. The Morgan fingerprint density at radius 1 is 1.35 bits per heavy atom. The summed E-state index contributed by atoms with van der Waals surface area (Å²) in [5.74, 6) is 0.579. The zero-order valence-corrected chi connectivity index (χ0v) is 11.5. The van der Waals surface area contributed by atoms with Gasteiger partial charge in [0.2, 0.25) is 0 Å². The third-order valence-corrected chi connectivity index (χ3v) is 4.19. The van der Waals surface area contributed by atoms with Crippen molar-refractivity contribution in [2.24, 2.45) is 0 Å². The smallest absolute Gasteiger partial charge is 0.0833 e. The Bertz CT molecular complexity index is 472. The molecule has 0 fully saturated rings. The van der Waals surface area contributed by atoms with Crippen LogP contribution in [0.4, 0.5) is 0 Å². The predicted molar refractivity (Wildman–Crippen MR) is 71.5 cm³/mol. The molecule has 1 atom stereocenters. The molecule has 0 aromatic carbocycles. The van der Waals surface area contributed by atoms with Crippen molar-refractivity contribution in [1.29, 1.82) is 0 Å². The SMILES string of the molecule is CCC(Cc1cn(CC)nn1)c1ccc(C)s1. The average molecular weight is 249 g/mol. The number of hydrogen-bond donors (Lipinski definition) is 0. The van der Waals surface area contributed by atoms with Crippen LogP contribution in [-0.2, 0) is 13.0 Å². The van der Waals surface area contributed by atoms with Crippen molar-refractivity contribution in [3.05, 3.63) is 33.8 Å². The molecule has 0 saturated heterocycles. The van der Waals surface area contributed by atoms with Gasteiger partial charge in [0.15, 0.2) is 0 Å². The van der Waals surface area contributed by atoms with Gasteiger partial charge in [-0.3, -0.25) is 4.68 Å². The lowest BCUT2D eigenvalue weighted by molar-refractivity contribution is 0.625. The minimum absolute atomic E-state index is 0.579. The van der Waals surface area contributed by atoms with Gasteiger partial charge < -0.3 is 0 Å². The third-order valence-electron chi connectivity index (χ3n) is 3.02. The fraction of sp³-hybridized carbons (Fsp3) is 0.538. The maximum Gasteiger partial charge on any atom is 0.0833 e. The van der Waals surface area contributed by atoms with E-state index in [9.17, 15) is 0 Å². The third kappa shape index (κ3) is 2.94. The standard InChI is InChI=1S/C13H19N3S/c1-4-11(13-7-6-10(3)17-13)8-12-9-16(5-2)15-14-12/h6-7,9,11H,4-5,8H2,1-3H3. The van der Waals surface area contributed by atoms with Crippen LogP contribution in [0.2, 0.25) is 0 Å². The highest BCUT2D eigenvalue weighted by atomic mass is 32.1. The number of aryl methyl sites for hydroxylation is 2. The molecular formula is C13H19N3S. The Hall–Kier alpha value is -1.16. The van der Waals surface area contributed by atoms with Crippen molar-refractivity contribution in [2.75, 3.05) is 0 Å². The average Bonchev–Trinajstić information content (AvgIpc) is 2.94. The number of rotatable bonds is 5. The van der Waals surface area contributed by atoms with Crippen LogP contribution in [0.1, 0.15) is 41.6 Å². The molecule has 0 bridgehead atoms. The van der Waals surface area contributed by atoms with Crippen LogP contribution >= 0.6 is 11.3 Å². The van der Waals surface area contributed by atoms with Gasteiger partial charge in [0, 0.05) is 28.9 Å². The highest BCUT2D eigenvalue weighted by Gasteiger charge is 2.14. The summed E-state index contributed by atoms with van der Waals surface area (Å²) in [6, 6.07) is 4.45. The monoisotopic (exact) mass is 249 g/mol. The van der Waals surface area contributed by atoms with Crippen molar-refractivity contribution in [3.63, 3.8) is 0 Å². The molecule has 1 unspecified atom stereocenters. The summed E-state index contributed by atoms with van der Waals surface area (Å²) in [4.78, 5) is 2.85. The van der Waals surface area contributed by atoms with Crippen molar-refractivity contribution < 1.29 is 0 Å². The number of thiophene rings is 1. The van der Waals surface area contributed by atoms with Gasteiger partial charge in [0.1, 0.15) is 0 Å². The minimum atomic E-state index is 0.579. The molecule has 4 heteroatoms. The summed E-state index contributed by atoms with van der Waals surface area (Å²) >= 11 is 1.90. The number of nitrogens with zero attached hydrogens (tertiary/aromatic N) is 3. The molecule has 2 heterocycles. The van der Waals surface area contributed by atoms with E-state index in [1.54, 1.807) is 0 Å². The van der Waals surface area contributed by atoms with E-state index in [2.05, 4.69) is 49.4 Å². The normalized spacial score (nSPS) is 12.9. The molecule has 2 aromatic heterocycles. The van der Waals surface area contributed by atoms with E-state index in [1.807, 2.05) is 16.0 Å². The molecule has 0 spiro atoms. The van der Waals surface area contributed by atoms with E-state index in [-0.39, 0.29) is 0 Å². The van der Waals surface area contributed by atoms with Crippen molar-refractivity contribution in [2.45, 2.75) is 46.1 Å². The fourth-order valence-electron chi connectivity index (χ4n) is 1.96. The van der Waals surface area contributed by atoms with Gasteiger partial charge in [0.25, 0.3) is 0 Å². The van der Waals surface area contributed by atoms with Crippen LogP contribution in [0.25, 0.3) is 0 Å². The number of hydrogen-bond acceptors (Lipinski definition) is 3. The topological polar surface area (TPSA) is 30.7 Å². The van der Waals surface area contributed by atoms with E-state index >= 15 is 0 Å². The zero-order chi connectivity index (χ0) is 12.3. The lowest BCUT2D eigenvalue weighted by atomic mass is 9.99. The van der Waals surface area contributed by atoms with Crippen molar-refractivity contribution >= 4 is 11.3 Å². The van der Waals surface area contributed by atoms with E-state index < -0.39 is 0 Å². The highest BCUT2D eigenvalue weighted by molar-refractivity contribution is 7.12. The van der Waals surface area contributed by atoms with Crippen molar-refractivity contribution in [1.82, 2.24) is 15.0 Å². The summed E-state index contributed by atoms with van der Waals surface area (Å²) < 4.78 is 1.89. The summed E-state index contributed by atoms with van der Waals surface area (Å²) in [6.45, 7) is 7.37. The van der Waals surface area contributed by atoms with Crippen LogP contribution < -0.4 is 0 Å². The molecule has 2 aromatic rings. The largest absolute Gasteiger partial charge is 0.253 e. The highest BCUT2D eigenvalue weighted by Crippen LogP contribution is 2.29. The molecule has 0 N–H and O–H groups in total. The molecule has 0 saturated carbocycles. The van der Waals surface area contributed by atoms with Gasteiger partial charge in [-0.15, -0.1) is 16.4 Å². The summed E-state index contributed by atoms with van der Waals surface area (Å²) in [5.41, 5.74) is 1.10. The molecule has 0 aliphatic heterocycles. The van der Waals surface area contributed by atoms with Crippen LogP contribution in [0.5, 0.6) is 0 Å². The molecule has 3 nitrogen and oxygen atoms in total. The fourth-order valence-corrected chi connectivity index (χ4v) is 3.02. The van der Waals surface area contributed by atoms with E-state index in [4.69, 9.17) is 0 Å². The van der Waals surface area contributed by atoms with Crippen LogP contribution in [0.3, 0.4) is 0 Å². The molecule has 0 amide bonds. The zero-order valence-electron chi connectivity index (χ0n) is 10.7. The van der Waals surface area contributed by atoms with E-state index in [0.29, 0.717) is 5.92 Å². The maximum atomic E-state index is 4.22. The summed E-state index contributed by atoms with van der Waals surface area (Å²) in [6.07, 6.45) is 4.21. The Labute approximate surface area is 106 Å². The molecule has 0 aliphatic rings. The second-order valence-corrected chi connectivity index (χ2v) is 5.64. The van der Waals surface area contributed by atoms with Crippen molar-refractivity contribution in [3.8, 4) is 0 Å². The quantitative estimate of drug-likeness (QED) is 0.813. The lowest BCUT2D eigenvalue weighted by Crippen LogP contribution is -2.00. The predicted octanol–water partition coefficient (Wildman–Crippen LogP) is 3.40. The molecule has 0 radical (unpaired) electrons. The Kier molecular flexibility index (Phi) is 3.94. The second kappa shape index (κ2) is 5.45. The van der Waals surface area contributed by atoms with E-state index in [0.717, 1.165) is 25.1 Å². The lowest BCUT2D eigenvalue weighted by Gasteiger charge is -2.10. The van der Waals surface area contributed by atoms with Gasteiger partial charge in [-0.2, -0.15) is 0 Å². The molecule has 17 heavy (non-hydrogen) atoms. The number of aromatic nitrogens is 3. The first-order valence-corrected chi connectivity index (χ1v) is 7.00. The Morgan fingerprint density at radius 3 is 2.71 bits per heavy atom. The summed E-state index contributed by atoms with van der Waals surface area (Å²) in [5, 5.41) is 8.32. The van der Waals surface area contributed by atoms with Crippen LogP contribution in [0.15, 0.2) is 18.3 Å². The molecule has 2 rings (SSSR count). The molecule has 92 valence electrons. The van der Waals surface area contributed by atoms with Crippen LogP contribution in [-0.4, -0.2) is 15.0 Å².